The first-order chi connectivity index (χ1) is 7.14. The molecule has 5 nitrogen and oxygen atoms in total. The fourth-order valence-corrected chi connectivity index (χ4v) is 1.89. The fraction of sp³-hybridized carbons (Fsp3) is 0.444. The van der Waals surface area contributed by atoms with Crippen molar-refractivity contribution in [3.8, 4) is 0 Å². The highest BCUT2D eigenvalue weighted by atomic mass is 32.2. The molecule has 0 unspecified atom stereocenters. The molecule has 1 rings (SSSR count). The van der Waals surface area contributed by atoms with E-state index in [1.54, 1.807) is 18.5 Å². The lowest BCUT2D eigenvalue weighted by Crippen LogP contribution is -2.29. The minimum atomic E-state index is -3.32. The average molecular weight is 230 g/mol. The predicted molar refractivity (Wildman–Crippen MR) is 56.8 cm³/mol. The normalized spacial score (nSPS) is 11.5. The third-order valence-corrected chi connectivity index (χ3v) is 3.18. The minimum Gasteiger partial charge on any atom is -0.395 e. The number of sulfonamides is 1. The summed E-state index contributed by atoms with van der Waals surface area (Å²) in [4.78, 5) is 3.92. The van der Waals surface area contributed by atoms with Crippen molar-refractivity contribution in [1.82, 2.24) is 9.71 Å². The molecule has 0 saturated heterocycles. The van der Waals surface area contributed by atoms with Crippen LogP contribution in [0.3, 0.4) is 0 Å². The quantitative estimate of drug-likeness (QED) is 0.693. The van der Waals surface area contributed by atoms with Gasteiger partial charge in [-0.25, -0.2) is 13.1 Å². The highest BCUT2D eigenvalue weighted by Crippen LogP contribution is 1.96. The molecular weight excluding hydrogens is 216 g/mol. The zero-order valence-corrected chi connectivity index (χ0v) is 9.07. The molecule has 0 spiro atoms. The van der Waals surface area contributed by atoms with Gasteiger partial charge in [-0.15, -0.1) is 0 Å². The van der Waals surface area contributed by atoms with Gasteiger partial charge in [0.25, 0.3) is 0 Å². The third kappa shape index (κ3) is 4.87. The Hall–Kier alpha value is -0.980. The summed E-state index contributed by atoms with van der Waals surface area (Å²) in [6.07, 6.45) is 3.96. The van der Waals surface area contributed by atoms with Crippen molar-refractivity contribution < 1.29 is 13.5 Å². The lowest BCUT2D eigenvalue weighted by atomic mass is 10.2. The number of hydrogen-bond acceptors (Lipinski definition) is 4. The first-order valence-electron chi connectivity index (χ1n) is 4.61. The van der Waals surface area contributed by atoms with E-state index in [1.807, 2.05) is 6.07 Å². The van der Waals surface area contributed by atoms with E-state index in [9.17, 15) is 8.42 Å². The van der Waals surface area contributed by atoms with Crippen LogP contribution in [0.4, 0.5) is 0 Å². The first kappa shape index (κ1) is 12.1. The number of nitrogens with one attached hydrogen (secondary N) is 1. The smallest absolute Gasteiger partial charge is 0.213 e. The predicted octanol–water partition coefficient (Wildman–Crippen LogP) is -0.464. The van der Waals surface area contributed by atoms with Crippen LogP contribution in [0.2, 0.25) is 0 Å². The molecule has 0 fully saturated rings. The number of aromatic nitrogens is 1. The summed E-state index contributed by atoms with van der Waals surface area (Å²) in [6, 6.07) is 3.69. The van der Waals surface area contributed by atoms with Crippen molar-refractivity contribution in [3.05, 3.63) is 30.1 Å². The summed E-state index contributed by atoms with van der Waals surface area (Å²) >= 11 is 0. The van der Waals surface area contributed by atoms with Gasteiger partial charge in [-0.05, 0) is 18.1 Å². The molecule has 0 bridgehead atoms. The fourth-order valence-electron chi connectivity index (χ4n) is 1.09. The van der Waals surface area contributed by atoms with Gasteiger partial charge in [-0.2, -0.15) is 0 Å². The van der Waals surface area contributed by atoms with Gasteiger partial charge in [0.1, 0.15) is 0 Å². The second kappa shape index (κ2) is 5.79. The Morgan fingerprint density at radius 2 is 2.27 bits per heavy atom. The van der Waals surface area contributed by atoms with E-state index in [0.29, 0.717) is 13.0 Å². The Labute approximate surface area is 89.2 Å². The molecule has 0 aliphatic rings. The van der Waals surface area contributed by atoms with E-state index >= 15 is 0 Å². The Morgan fingerprint density at radius 1 is 1.47 bits per heavy atom. The molecule has 0 aliphatic carbocycles. The van der Waals surface area contributed by atoms with Gasteiger partial charge in [0.15, 0.2) is 0 Å². The molecule has 1 aromatic heterocycles. The monoisotopic (exact) mass is 230 g/mol. The van der Waals surface area contributed by atoms with E-state index in [4.69, 9.17) is 5.11 Å². The summed E-state index contributed by atoms with van der Waals surface area (Å²) in [7, 11) is -3.32. The van der Waals surface area contributed by atoms with Crippen molar-refractivity contribution >= 4 is 10.0 Å². The van der Waals surface area contributed by atoms with Crippen LogP contribution in [0.25, 0.3) is 0 Å². The van der Waals surface area contributed by atoms with E-state index < -0.39 is 10.0 Å². The second-order valence-electron chi connectivity index (χ2n) is 3.05. The van der Waals surface area contributed by atoms with Crippen LogP contribution in [0.5, 0.6) is 0 Å². The Bertz CT molecular complexity index is 378. The maximum Gasteiger partial charge on any atom is 0.213 e. The molecule has 2 N–H and O–H groups in total. The van der Waals surface area contributed by atoms with Crippen molar-refractivity contribution in [3.63, 3.8) is 0 Å². The third-order valence-electron chi connectivity index (χ3n) is 1.82. The van der Waals surface area contributed by atoms with Crippen molar-refractivity contribution in [1.29, 1.82) is 0 Å². The lowest BCUT2D eigenvalue weighted by Gasteiger charge is -2.04. The van der Waals surface area contributed by atoms with E-state index in [-0.39, 0.29) is 12.4 Å². The average Bonchev–Trinajstić information content (AvgIpc) is 2.19. The van der Waals surface area contributed by atoms with Gasteiger partial charge in [-0.1, -0.05) is 6.07 Å². The summed E-state index contributed by atoms with van der Waals surface area (Å²) in [5.41, 5.74) is 0.976. The number of pyridine rings is 1. The minimum absolute atomic E-state index is 0.250. The summed E-state index contributed by atoms with van der Waals surface area (Å²) in [5.74, 6) is -0.250. The van der Waals surface area contributed by atoms with E-state index in [1.165, 1.54) is 0 Å². The van der Waals surface area contributed by atoms with Gasteiger partial charge >= 0.3 is 0 Å². The molecule has 0 radical (unpaired) electrons. The van der Waals surface area contributed by atoms with Crippen LogP contribution in [0.15, 0.2) is 24.5 Å². The van der Waals surface area contributed by atoms with E-state index in [0.717, 1.165) is 5.56 Å². The van der Waals surface area contributed by atoms with Crippen molar-refractivity contribution in [2.45, 2.75) is 6.42 Å². The molecule has 0 saturated carbocycles. The Balaban J connectivity index is 2.34. The lowest BCUT2D eigenvalue weighted by molar-refractivity contribution is 0.319. The molecule has 84 valence electrons. The largest absolute Gasteiger partial charge is 0.395 e. The second-order valence-corrected chi connectivity index (χ2v) is 4.97. The maximum atomic E-state index is 11.1. The molecule has 1 aromatic rings. The molecule has 6 heteroatoms. The Kier molecular flexibility index (Phi) is 4.67. The van der Waals surface area contributed by atoms with Gasteiger partial charge in [0, 0.05) is 18.9 Å². The number of hydrogen-bond donors (Lipinski definition) is 2. The van der Waals surface area contributed by atoms with Gasteiger partial charge in [0.05, 0.1) is 12.4 Å². The molecular formula is C9H14N2O3S. The SMILES string of the molecule is O=S(=O)(CCO)NCCc1cccnc1. The zero-order chi connectivity index (χ0) is 11.1. The van der Waals surface area contributed by atoms with Gasteiger partial charge < -0.3 is 5.11 Å². The van der Waals surface area contributed by atoms with E-state index in [2.05, 4.69) is 9.71 Å². The highest BCUT2D eigenvalue weighted by Gasteiger charge is 2.07. The summed E-state index contributed by atoms with van der Waals surface area (Å²) in [6.45, 7) is -0.0315. The molecule has 15 heavy (non-hydrogen) atoms. The summed E-state index contributed by atoms with van der Waals surface area (Å²) < 4.78 is 24.7. The summed E-state index contributed by atoms with van der Waals surface area (Å²) in [5, 5.41) is 8.49. The van der Waals surface area contributed by atoms with Crippen LogP contribution in [0, 0.1) is 0 Å². The molecule has 0 aliphatic heterocycles. The van der Waals surface area contributed by atoms with Crippen molar-refractivity contribution in [2.75, 3.05) is 18.9 Å². The molecule has 1 heterocycles. The molecule has 0 atom stereocenters. The number of nitrogens with zero attached hydrogens (tertiary/aromatic N) is 1. The standard InChI is InChI=1S/C9H14N2O3S/c12-6-7-15(13,14)11-5-3-9-2-1-4-10-8-9/h1-2,4,8,11-12H,3,5-7H2. The van der Waals surface area contributed by atoms with Crippen LogP contribution in [-0.4, -0.2) is 37.4 Å². The number of rotatable bonds is 6. The highest BCUT2D eigenvalue weighted by molar-refractivity contribution is 7.89. The zero-order valence-electron chi connectivity index (χ0n) is 8.26. The number of aliphatic hydroxyl groups is 1. The Morgan fingerprint density at radius 3 is 2.87 bits per heavy atom. The van der Waals surface area contributed by atoms with Crippen LogP contribution >= 0.6 is 0 Å². The topological polar surface area (TPSA) is 79.3 Å². The van der Waals surface area contributed by atoms with Gasteiger partial charge in [0.2, 0.25) is 10.0 Å². The van der Waals surface area contributed by atoms with Crippen LogP contribution < -0.4 is 4.72 Å². The maximum absolute atomic E-state index is 11.1. The van der Waals surface area contributed by atoms with Crippen LogP contribution in [0.1, 0.15) is 5.56 Å². The van der Waals surface area contributed by atoms with Crippen LogP contribution in [-0.2, 0) is 16.4 Å². The molecule has 0 aromatic carbocycles. The first-order valence-corrected chi connectivity index (χ1v) is 6.26. The van der Waals surface area contributed by atoms with Gasteiger partial charge in [-0.3, -0.25) is 4.98 Å². The number of aliphatic hydroxyl groups excluding tert-OH is 1. The molecule has 0 amide bonds. The van der Waals surface area contributed by atoms with Crippen molar-refractivity contribution in [2.24, 2.45) is 0 Å².